The van der Waals surface area contributed by atoms with Crippen molar-refractivity contribution in [3.8, 4) is 21.8 Å². The highest BCUT2D eigenvalue weighted by Crippen LogP contribution is 2.41. The number of aromatic amines is 4. The summed E-state index contributed by atoms with van der Waals surface area (Å²) in [6.45, 7) is 3.73. The molecule has 0 amide bonds. The van der Waals surface area contributed by atoms with Gasteiger partial charge in [0.15, 0.2) is 23.3 Å². The second-order valence-electron chi connectivity index (χ2n) is 29.1. The van der Waals surface area contributed by atoms with Gasteiger partial charge in [-0.2, -0.15) is 80.2 Å². The number of aromatic nitrogens is 22. The first-order valence-electron chi connectivity index (χ1n) is 39.5. The Morgan fingerprint density at radius 1 is 0.402 bits per heavy atom. The first kappa shape index (κ1) is 79.7. The number of rotatable bonds is 20. The summed E-state index contributed by atoms with van der Waals surface area (Å²) in [7, 11) is 0. The van der Waals surface area contributed by atoms with Crippen molar-refractivity contribution in [1.29, 1.82) is 0 Å². The number of hydrogen-bond donors (Lipinski definition) is 13. The fourth-order valence-electron chi connectivity index (χ4n) is 15.4. The van der Waals surface area contributed by atoms with Crippen LogP contribution in [-0.4, -0.2) is 148 Å². The summed E-state index contributed by atoms with van der Waals surface area (Å²) in [5.74, 6) is 4.71. The van der Waals surface area contributed by atoms with Crippen LogP contribution < -0.4 is 63.8 Å². The van der Waals surface area contributed by atoms with Crippen LogP contribution in [0.4, 0.5) is 112 Å². The molecule has 15 heterocycles. The van der Waals surface area contributed by atoms with Gasteiger partial charge in [0, 0.05) is 75.0 Å². The Bertz CT molecular complexity index is 6040. The van der Waals surface area contributed by atoms with E-state index < -0.39 is 0 Å². The van der Waals surface area contributed by atoms with Gasteiger partial charge in [-0.25, -0.2) is 17.6 Å². The average molecular weight is 1670 g/mol. The van der Waals surface area contributed by atoms with Crippen LogP contribution in [0.15, 0.2) is 169 Å². The number of fused-ring (bicyclic) bond motifs is 1. The van der Waals surface area contributed by atoms with E-state index in [1.807, 2.05) is 58.8 Å². The lowest BCUT2D eigenvalue weighted by Gasteiger charge is -2.25. The van der Waals surface area contributed by atoms with Crippen molar-refractivity contribution >= 4 is 117 Å². The largest absolute Gasteiger partial charge is 0.390 e. The third kappa shape index (κ3) is 19.0. The Hall–Kier alpha value is -14.7. The highest BCUT2D eigenvalue weighted by atomic mass is 32.1. The lowest BCUT2D eigenvalue weighted by Crippen LogP contribution is -2.25. The van der Waals surface area contributed by atoms with E-state index in [1.54, 1.807) is 78.3 Å². The first-order chi connectivity index (χ1) is 59.5. The number of nitrogen functional groups attached to an aromatic ring is 4. The predicted octanol–water partition coefficient (Wildman–Crippen LogP) is 13.3. The van der Waals surface area contributed by atoms with E-state index in [0.29, 0.717) is 70.6 Å². The fourth-order valence-corrected chi connectivity index (χ4v) is 16.1. The SMILES string of the molecule is Nc1nc(Nc2cc(-c3ccc4nccnc4c3)[nH]n2)nc(N2CCCC2c2ccc(F)cc2)n1.Nc1nc(Nc2cc(-c3cccs3)[nH]n2)nc(N2CCCC2c2ccc(F)cc2)n1.Nc1nc(Nc2cc(C3CCCO3)[nH]n2)nc(N2CCCC2c2ccc(F)cc2)n1.Nc1nc(Nc2cc(CO)[nH]n2)nc(N2CCCC2c2ccc(F)cc2)n1. The Labute approximate surface area is 697 Å². The molecule has 20 rings (SSSR count). The van der Waals surface area contributed by atoms with Gasteiger partial charge in [-0.3, -0.25) is 30.4 Å². The molecular weight excluding hydrogens is 1590 g/mol. The van der Waals surface area contributed by atoms with Crippen molar-refractivity contribution in [3.05, 3.63) is 226 Å². The van der Waals surface area contributed by atoms with E-state index in [2.05, 4.69) is 147 Å². The van der Waals surface area contributed by atoms with Crippen molar-refractivity contribution in [1.82, 2.24) is 111 Å². The summed E-state index contributed by atoms with van der Waals surface area (Å²) in [6, 6.07) is 43.5. The zero-order chi connectivity index (χ0) is 83.6. The number of nitrogens with zero attached hydrogens (tertiary/aromatic N) is 22. The molecule has 5 saturated heterocycles. The number of nitrogens with two attached hydrogens (primary N) is 4. The molecular formula is C81H82F4N34O2S. The lowest BCUT2D eigenvalue weighted by molar-refractivity contribution is 0.108. The Kier molecular flexibility index (Phi) is 23.7. The van der Waals surface area contributed by atoms with Gasteiger partial charge in [0.2, 0.25) is 71.4 Å². The van der Waals surface area contributed by atoms with Crippen LogP contribution in [-0.2, 0) is 11.3 Å². The summed E-state index contributed by atoms with van der Waals surface area (Å²) < 4.78 is 59.0. The van der Waals surface area contributed by atoms with Crippen molar-refractivity contribution < 1.29 is 27.4 Å². The van der Waals surface area contributed by atoms with Gasteiger partial charge in [0.05, 0.1) is 75.6 Å². The zero-order valence-corrected chi connectivity index (χ0v) is 66.1. The van der Waals surface area contributed by atoms with E-state index in [-0.39, 0.29) is 89.9 Å². The fraction of sp³-hybridized carbons (Fsp3) is 0.259. The van der Waals surface area contributed by atoms with Crippen LogP contribution in [0.5, 0.6) is 0 Å². The standard InChI is InChI=1S/C24H21FN10.C20H23FN8O.C20H19FN8S.C17H19FN8O/c25-16-6-3-14(4-7-16)20-2-1-11-35(20)24-31-22(26)30-23(32-24)29-21-13-18(33-34-21)15-5-8-17-19(12-15)28-10-9-27-17;2*21-13-7-5-12(6-8-13)15-3-1-9-29(15)20-25-18(22)24-19(26-20)23-17-11-14(27-28-17)16-4-2-10-30-16;18-11-5-3-10(4-6-11)13-2-1-7-26(13)17-22-15(19)21-16(23-17)20-14-8-12(9-27)24-25-14/h3-10,12-13,20H,1-2,11H2,(H4,26,29,30,31,32,33,34);5-8,11,15-16H,1-4,9-10H2,(H4,22,23,24,25,26,27,28);2,4-8,10-11,15H,1,3,9H2,(H4,22,23,24,25,26,27,28);3-6,8,13,27H,1-2,7,9H2,(H4,19,20,21,22,23,24,25). The monoisotopic (exact) mass is 1670 g/mol. The first-order valence-corrected chi connectivity index (χ1v) is 40.3. The van der Waals surface area contributed by atoms with Gasteiger partial charge >= 0.3 is 0 Å². The Morgan fingerprint density at radius 3 is 1.18 bits per heavy atom. The van der Waals surface area contributed by atoms with E-state index in [4.69, 9.17) is 32.8 Å². The van der Waals surface area contributed by atoms with Crippen molar-refractivity contribution in [2.75, 3.05) is 96.6 Å². The van der Waals surface area contributed by atoms with Crippen LogP contribution in [0, 0.1) is 23.3 Å². The summed E-state index contributed by atoms with van der Waals surface area (Å²) in [5, 5.41) is 52.0. The maximum atomic E-state index is 13.4. The minimum Gasteiger partial charge on any atom is -0.390 e. The molecule has 0 bridgehead atoms. The van der Waals surface area contributed by atoms with Gasteiger partial charge < -0.3 is 73.6 Å². The number of aliphatic hydroxyl groups excluding tert-OH is 1. The maximum Gasteiger partial charge on any atom is 0.235 e. The van der Waals surface area contributed by atoms with E-state index in [0.717, 1.165) is 158 Å². The third-order valence-electron chi connectivity index (χ3n) is 21.0. The topological polar surface area (TPSA) is 490 Å². The smallest absolute Gasteiger partial charge is 0.235 e. The molecule has 5 aliphatic heterocycles. The number of nitrogens with one attached hydrogen (secondary N) is 8. The molecule has 10 aromatic heterocycles. The molecule has 622 valence electrons. The molecule has 36 nitrogen and oxygen atoms in total. The van der Waals surface area contributed by atoms with Crippen molar-refractivity contribution in [2.24, 2.45) is 0 Å². The summed E-state index contributed by atoms with van der Waals surface area (Å²) in [4.78, 5) is 70.2. The minimum atomic E-state index is -0.263. The molecule has 122 heavy (non-hydrogen) atoms. The van der Waals surface area contributed by atoms with Crippen molar-refractivity contribution in [3.63, 3.8) is 0 Å². The number of benzene rings is 5. The molecule has 5 aromatic carbocycles. The van der Waals surface area contributed by atoms with Gasteiger partial charge in [0.1, 0.15) is 23.3 Å². The molecule has 17 N–H and O–H groups in total. The molecule has 15 aromatic rings. The second kappa shape index (κ2) is 36.2. The van der Waals surface area contributed by atoms with Crippen LogP contribution >= 0.6 is 11.3 Å². The molecule has 0 spiro atoms. The quantitative estimate of drug-likeness (QED) is 0.0315. The van der Waals surface area contributed by atoms with Gasteiger partial charge in [-0.15, -0.1) is 11.3 Å². The van der Waals surface area contributed by atoms with Gasteiger partial charge in [-0.1, -0.05) is 60.7 Å². The zero-order valence-electron chi connectivity index (χ0n) is 65.3. The highest BCUT2D eigenvalue weighted by molar-refractivity contribution is 7.13. The second-order valence-corrected chi connectivity index (χ2v) is 30.0. The lowest BCUT2D eigenvalue weighted by atomic mass is 10.0. The number of thiophene rings is 1. The summed E-state index contributed by atoms with van der Waals surface area (Å²) >= 11 is 1.63. The Balaban J connectivity index is 0.000000116. The van der Waals surface area contributed by atoms with Crippen LogP contribution in [0.1, 0.15) is 128 Å². The van der Waals surface area contributed by atoms with E-state index >= 15 is 0 Å². The summed E-state index contributed by atoms with van der Waals surface area (Å²) in [5.41, 5.74) is 33.6. The predicted molar refractivity (Wildman–Crippen MR) is 453 cm³/mol. The molecule has 0 saturated carbocycles. The number of H-pyrrole nitrogens is 4. The number of aliphatic hydroxyl groups is 1. The minimum absolute atomic E-state index is 0.0400. The van der Waals surface area contributed by atoms with Crippen LogP contribution in [0.25, 0.3) is 32.9 Å². The molecule has 5 fully saturated rings. The normalized spacial score (nSPS) is 17.4. The molecule has 5 unspecified atom stereocenters. The van der Waals surface area contributed by atoms with Crippen LogP contribution in [0.2, 0.25) is 0 Å². The highest BCUT2D eigenvalue weighted by Gasteiger charge is 2.34. The molecule has 5 atom stereocenters. The van der Waals surface area contributed by atoms with Crippen LogP contribution in [0.3, 0.4) is 0 Å². The number of halogens is 4. The van der Waals surface area contributed by atoms with E-state index in [9.17, 15) is 17.6 Å². The number of ether oxygens (including phenoxy) is 1. The maximum absolute atomic E-state index is 13.4. The Morgan fingerprint density at radius 2 is 0.787 bits per heavy atom. The molecule has 0 aliphatic carbocycles. The molecule has 41 heteroatoms. The molecule has 0 radical (unpaired) electrons. The van der Waals surface area contributed by atoms with Gasteiger partial charge in [-0.05, 0) is 159 Å². The van der Waals surface area contributed by atoms with Crippen molar-refractivity contribution in [2.45, 2.75) is 101 Å². The summed E-state index contributed by atoms with van der Waals surface area (Å²) in [6.07, 6.45) is 13.0. The molecule has 5 aliphatic rings. The number of anilines is 16. The number of hydrogen-bond acceptors (Lipinski definition) is 33. The van der Waals surface area contributed by atoms with E-state index in [1.165, 1.54) is 48.5 Å². The third-order valence-corrected chi connectivity index (χ3v) is 21.9. The average Bonchev–Trinajstić information content (AvgIpc) is 1.63. The van der Waals surface area contributed by atoms with Gasteiger partial charge in [0.25, 0.3) is 0 Å².